The van der Waals surface area contributed by atoms with Crippen molar-refractivity contribution in [1.29, 1.82) is 0 Å². The third-order valence-corrected chi connectivity index (χ3v) is 4.37. The Morgan fingerprint density at radius 1 is 1.56 bits per heavy atom. The Balaban J connectivity index is 1.92. The molecule has 2 rings (SSSR count). The van der Waals surface area contributed by atoms with Gasteiger partial charge in [-0.3, -0.25) is 4.90 Å². The molecule has 0 radical (unpaired) electrons. The normalized spacial score (nSPS) is 32.9. The van der Waals surface area contributed by atoms with Gasteiger partial charge in [0, 0.05) is 19.0 Å². The van der Waals surface area contributed by atoms with E-state index in [2.05, 4.69) is 11.8 Å². The van der Waals surface area contributed by atoms with Gasteiger partial charge in [0.25, 0.3) is 0 Å². The molecule has 2 aliphatic rings. The fourth-order valence-corrected chi connectivity index (χ4v) is 3.25. The number of thiocarbonyl (C=S) groups is 1. The lowest BCUT2D eigenvalue weighted by Crippen LogP contribution is -2.39. The summed E-state index contributed by atoms with van der Waals surface area (Å²) in [6.45, 7) is 4.70. The second-order valence-electron chi connectivity index (χ2n) is 5.63. The average Bonchev–Trinajstić information content (AvgIpc) is 2.84. The molecule has 4 heteroatoms. The highest BCUT2D eigenvalue weighted by atomic mass is 32.1. The molecule has 0 spiro atoms. The summed E-state index contributed by atoms with van der Waals surface area (Å²) in [5.41, 5.74) is 6.00. The van der Waals surface area contributed by atoms with Crippen molar-refractivity contribution in [2.45, 2.75) is 38.6 Å². The van der Waals surface area contributed by atoms with Crippen LogP contribution in [0.3, 0.4) is 0 Å². The lowest BCUT2D eigenvalue weighted by molar-refractivity contribution is 0.121. The van der Waals surface area contributed by atoms with Gasteiger partial charge in [0.15, 0.2) is 0 Å². The first-order chi connectivity index (χ1) is 7.56. The molecule has 1 aliphatic carbocycles. The summed E-state index contributed by atoms with van der Waals surface area (Å²) in [5, 5.41) is 9.41. The van der Waals surface area contributed by atoms with E-state index >= 15 is 0 Å². The maximum Gasteiger partial charge on any atom is 0.0733 e. The van der Waals surface area contributed by atoms with E-state index in [1.807, 2.05) is 0 Å². The van der Waals surface area contributed by atoms with Crippen molar-refractivity contribution < 1.29 is 5.11 Å². The molecule has 92 valence electrons. The molecule has 0 aromatic carbocycles. The summed E-state index contributed by atoms with van der Waals surface area (Å²) in [6.07, 6.45) is 4.57. The van der Waals surface area contributed by atoms with Crippen molar-refractivity contribution in [3.63, 3.8) is 0 Å². The Bertz CT molecular complexity index is 278. The summed E-state index contributed by atoms with van der Waals surface area (Å²) in [6, 6.07) is 0.351. The Kier molecular flexibility index (Phi) is 3.52. The van der Waals surface area contributed by atoms with Crippen LogP contribution < -0.4 is 5.73 Å². The highest BCUT2D eigenvalue weighted by molar-refractivity contribution is 7.80. The van der Waals surface area contributed by atoms with E-state index in [1.165, 1.54) is 19.3 Å². The van der Waals surface area contributed by atoms with E-state index in [-0.39, 0.29) is 6.61 Å². The largest absolute Gasteiger partial charge is 0.395 e. The lowest BCUT2D eigenvalue weighted by atomic mass is 10.00. The van der Waals surface area contributed by atoms with Gasteiger partial charge in [-0.25, -0.2) is 0 Å². The number of likely N-dealkylation sites (tertiary alicyclic amines) is 1. The van der Waals surface area contributed by atoms with Crippen LogP contribution in [0.2, 0.25) is 0 Å². The van der Waals surface area contributed by atoms with Gasteiger partial charge in [0.1, 0.15) is 0 Å². The molecule has 0 aromatic heterocycles. The molecule has 1 saturated carbocycles. The van der Waals surface area contributed by atoms with Crippen LogP contribution in [0.15, 0.2) is 0 Å². The molecule has 2 atom stereocenters. The standard InChI is InChI=1S/C12H22N2OS/c1-9-2-5-14(10(9)7-15)8-12(3-4-12)6-11(13)16/h9-10,15H,2-8H2,1H3,(H2,13,16). The summed E-state index contributed by atoms with van der Waals surface area (Å²) in [7, 11) is 0. The molecule has 0 aromatic rings. The predicted molar refractivity (Wildman–Crippen MR) is 69.3 cm³/mol. The summed E-state index contributed by atoms with van der Waals surface area (Å²) in [4.78, 5) is 3.08. The zero-order valence-corrected chi connectivity index (χ0v) is 10.8. The minimum absolute atomic E-state index is 0.282. The van der Waals surface area contributed by atoms with Crippen molar-refractivity contribution in [3.05, 3.63) is 0 Å². The molecule has 1 saturated heterocycles. The van der Waals surface area contributed by atoms with Crippen LogP contribution in [0.4, 0.5) is 0 Å². The number of hydrogen-bond donors (Lipinski definition) is 2. The summed E-state index contributed by atoms with van der Waals surface area (Å²) >= 11 is 5.02. The van der Waals surface area contributed by atoms with Gasteiger partial charge < -0.3 is 10.8 Å². The van der Waals surface area contributed by atoms with Gasteiger partial charge in [0.05, 0.1) is 11.6 Å². The van der Waals surface area contributed by atoms with Crippen LogP contribution in [0.25, 0.3) is 0 Å². The van der Waals surface area contributed by atoms with E-state index in [1.54, 1.807) is 0 Å². The average molecular weight is 242 g/mol. The molecule has 1 heterocycles. The lowest BCUT2D eigenvalue weighted by Gasteiger charge is -2.29. The minimum atomic E-state index is 0.282. The summed E-state index contributed by atoms with van der Waals surface area (Å²) < 4.78 is 0. The van der Waals surface area contributed by atoms with Crippen molar-refractivity contribution in [1.82, 2.24) is 4.90 Å². The van der Waals surface area contributed by atoms with Crippen LogP contribution in [-0.4, -0.2) is 40.7 Å². The Hall–Kier alpha value is -0.190. The van der Waals surface area contributed by atoms with E-state index in [4.69, 9.17) is 18.0 Å². The van der Waals surface area contributed by atoms with Gasteiger partial charge in [-0.15, -0.1) is 0 Å². The topological polar surface area (TPSA) is 49.5 Å². The van der Waals surface area contributed by atoms with Crippen LogP contribution in [0.5, 0.6) is 0 Å². The third-order valence-electron chi connectivity index (χ3n) is 4.23. The fraction of sp³-hybridized carbons (Fsp3) is 0.917. The first kappa shape index (κ1) is 12.3. The Morgan fingerprint density at radius 3 is 2.75 bits per heavy atom. The molecule has 3 N–H and O–H groups in total. The van der Waals surface area contributed by atoms with E-state index in [9.17, 15) is 5.11 Å². The van der Waals surface area contributed by atoms with Gasteiger partial charge in [-0.2, -0.15) is 0 Å². The predicted octanol–water partition coefficient (Wildman–Crippen LogP) is 1.15. The SMILES string of the molecule is CC1CCN(CC2(CC(N)=S)CC2)C1CO. The number of rotatable bonds is 5. The molecular formula is C12H22N2OS. The van der Waals surface area contributed by atoms with Gasteiger partial charge in [-0.05, 0) is 37.1 Å². The Labute approximate surface area is 103 Å². The molecular weight excluding hydrogens is 220 g/mol. The maximum absolute atomic E-state index is 9.41. The molecule has 0 amide bonds. The van der Waals surface area contributed by atoms with Gasteiger partial charge in [0.2, 0.25) is 0 Å². The minimum Gasteiger partial charge on any atom is -0.395 e. The highest BCUT2D eigenvalue weighted by Crippen LogP contribution is 2.50. The third kappa shape index (κ3) is 2.55. The molecule has 3 nitrogen and oxygen atoms in total. The van der Waals surface area contributed by atoms with Gasteiger partial charge >= 0.3 is 0 Å². The van der Waals surface area contributed by atoms with E-state index in [0.717, 1.165) is 19.5 Å². The molecule has 2 unspecified atom stereocenters. The number of hydrogen-bond acceptors (Lipinski definition) is 3. The van der Waals surface area contributed by atoms with E-state index < -0.39 is 0 Å². The number of nitrogens with zero attached hydrogens (tertiary/aromatic N) is 1. The second-order valence-corrected chi connectivity index (χ2v) is 6.15. The monoisotopic (exact) mass is 242 g/mol. The molecule has 0 bridgehead atoms. The number of aliphatic hydroxyl groups excluding tert-OH is 1. The first-order valence-corrected chi connectivity index (χ1v) is 6.60. The van der Waals surface area contributed by atoms with E-state index in [0.29, 0.717) is 22.4 Å². The zero-order valence-electron chi connectivity index (χ0n) is 9.98. The van der Waals surface area contributed by atoms with Crippen molar-refractivity contribution in [3.8, 4) is 0 Å². The zero-order chi connectivity index (χ0) is 11.8. The quantitative estimate of drug-likeness (QED) is 0.710. The summed E-state index contributed by atoms with van der Waals surface area (Å²) in [5.74, 6) is 0.616. The first-order valence-electron chi connectivity index (χ1n) is 6.19. The number of nitrogens with two attached hydrogens (primary N) is 1. The van der Waals surface area contributed by atoms with Crippen molar-refractivity contribution in [2.75, 3.05) is 19.7 Å². The van der Waals surface area contributed by atoms with Crippen molar-refractivity contribution in [2.24, 2.45) is 17.1 Å². The number of aliphatic hydroxyl groups is 1. The molecule has 2 fully saturated rings. The van der Waals surface area contributed by atoms with Crippen molar-refractivity contribution >= 4 is 17.2 Å². The molecule has 1 aliphatic heterocycles. The van der Waals surface area contributed by atoms with Crippen LogP contribution in [-0.2, 0) is 0 Å². The smallest absolute Gasteiger partial charge is 0.0733 e. The Morgan fingerprint density at radius 2 is 2.25 bits per heavy atom. The van der Waals surface area contributed by atoms with Crippen LogP contribution in [0, 0.1) is 11.3 Å². The highest BCUT2D eigenvalue weighted by Gasteiger charge is 2.46. The maximum atomic E-state index is 9.41. The van der Waals surface area contributed by atoms with Crippen LogP contribution >= 0.6 is 12.2 Å². The van der Waals surface area contributed by atoms with Gasteiger partial charge in [-0.1, -0.05) is 19.1 Å². The van der Waals surface area contributed by atoms with Crippen LogP contribution in [0.1, 0.15) is 32.6 Å². The fourth-order valence-electron chi connectivity index (χ4n) is 2.95. The molecule has 16 heavy (non-hydrogen) atoms. The second kappa shape index (κ2) is 4.59.